The van der Waals surface area contributed by atoms with Crippen LogP contribution in [0.15, 0.2) is 24.3 Å². The Morgan fingerprint density at radius 2 is 2.09 bits per heavy atom. The Balaban J connectivity index is 2.04. The molecular weight excluding hydrogens is 291 g/mol. The van der Waals surface area contributed by atoms with E-state index in [0.29, 0.717) is 0 Å². The number of halogens is 1. The Hall–Kier alpha value is -2.44. The number of hydrogen-bond acceptors (Lipinski definition) is 3. The molecule has 1 saturated heterocycles. The molecule has 118 valence electrons. The summed E-state index contributed by atoms with van der Waals surface area (Å²) in [6.45, 7) is 0.189. The molecule has 2 rings (SSSR count). The molecule has 1 unspecified atom stereocenters. The number of carboxylic acids is 1. The first-order valence-corrected chi connectivity index (χ1v) is 6.92. The molecule has 1 aliphatic rings. The molecule has 0 aliphatic carbocycles. The lowest BCUT2D eigenvalue weighted by molar-refractivity contribution is -0.139. The highest BCUT2D eigenvalue weighted by molar-refractivity contribution is 6.00. The summed E-state index contributed by atoms with van der Waals surface area (Å²) in [6.07, 6.45) is -0.148. The Morgan fingerprint density at radius 3 is 2.73 bits per heavy atom. The van der Waals surface area contributed by atoms with Crippen molar-refractivity contribution in [2.75, 3.05) is 25.0 Å². The molecule has 0 bridgehead atoms. The van der Waals surface area contributed by atoms with Gasteiger partial charge in [0.05, 0.1) is 18.0 Å². The van der Waals surface area contributed by atoms with E-state index in [1.165, 1.54) is 35.0 Å². The summed E-state index contributed by atoms with van der Waals surface area (Å²) in [5.41, 5.74) is 0.163. The topological polar surface area (TPSA) is 77.9 Å². The molecule has 1 atom stereocenters. The normalized spacial score (nSPS) is 17.6. The third kappa shape index (κ3) is 3.41. The molecular formula is C15H17FN2O4. The number of hydrogen-bond donors (Lipinski definition) is 1. The highest BCUT2D eigenvalue weighted by atomic mass is 19.1. The zero-order chi connectivity index (χ0) is 16.3. The first-order valence-electron chi connectivity index (χ1n) is 6.92. The molecule has 1 aromatic rings. The molecule has 22 heavy (non-hydrogen) atoms. The molecule has 1 fully saturated rings. The van der Waals surface area contributed by atoms with Crippen molar-refractivity contribution in [3.63, 3.8) is 0 Å². The highest BCUT2D eigenvalue weighted by Crippen LogP contribution is 2.28. The van der Waals surface area contributed by atoms with Gasteiger partial charge < -0.3 is 14.9 Å². The van der Waals surface area contributed by atoms with Gasteiger partial charge in [-0.05, 0) is 12.1 Å². The van der Waals surface area contributed by atoms with Crippen molar-refractivity contribution in [2.24, 2.45) is 5.92 Å². The molecule has 2 amide bonds. The van der Waals surface area contributed by atoms with Gasteiger partial charge >= 0.3 is 5.97 Å². The predicted octanol–water partition coefficient (Wildman–Crippen LogP) is 1.11. The van der Waals surface area contributed by atoms with Crippen LogP contribution in [-0.4, -0.2) is 47.9 Å². The Labute approximate surface area is 127 Å². The van der Waals surface area contributed by atoms with Crippen molar-refractivity contribution in [3.8, 4) is 0 Å². The molecule has 6 nitrogen and oxygen atoms in total. The summed E-state index contributed by atoms with van der Waals surface area (Å²) in [4.78, 5) is 37.4. The van der Waals surface area contributed by atoms with E-state index in [9.17, 15) is 18.8 Å². The Bertz CT molecular complexity index is 605. The number of anilines is 1. The van der Waals surface area contributed by atoms with E-state index in [1.807, 2.05) is 0 Å². The monoisotopic (exact) mass is 308 g/mol. The number of benzene rings is 1. The van der Waals surface area contributed by atoms with E-state index in [4.69, 9.17) is 5.11 Å². The van der Waals surface area contributed by atoms with E-state index >= 15 is 0 Å². The second-order valence-electron chi connectivity index (χ2n) is 5.26. The van der Waals surface area contributed by atoms with Crippen LogP contribution in [0.2, 0.25) is 0 Å². The largest absolute Gasteiger partial charge is 0.481 e. The summed E-state index contributed by atoms with van der Waals surface area (Å²) >= 11 is 0. The molecule has 0 radical (unpaired) electrons. The summed E-state index contributed by atoms with van der Waals surface area (Å²) in [7, 11) is 1.50. The van der Waals surface area contributed by atoms with Crippen LogP contribution in [0, 0.1) is 11.7 Å². The molecule has 1 aromatic carbocycles. The highest BCUT2D eigenvalue weighted by Gasteiger charge is 2.37. The standard InChI is InChI=1S/C15H17FN2O4/c1-17(7-6-14(20)21)15(22)10-8-13(19)18(9-10)12-5-3-2-4-11(12)16/h2-5,10H,6-9H2,1H3,(H,20,21). The van der Waals surface area contributed by atoms with Crippen molar-refractivity contribution in [3.05, 3.63) is 30.1 Å². The van der Waals surface area contributed by atoms with Crippen molar-refractivity contribution in [2.45, 2.75) is 12.8 Å². The molecule has 0 aromatic heterocycles. The summed E-state index contributed by atoms with van der Waals surface area (Å²) in [5.74, 6) is -2.69. The van der Waals surface area contributed by atoms with Crippen molar-refractivity contribution < 1.29 is 23.9 Å². The van der Waals surface area contributed by atoms with Gasteiger partial charge in [0.15, 0.2) is 0 Å². The molecule has 1 N–H and O–H groups in total. The first kappa shape index (κ1) is 15.9. The van der Waals surface area contributed by atoms with Crippen molar-refractivity contribution >= 4 is 23.5 Å². The summed E-state index contributed by atoms with van der Waals surface area (Å²) in [6, 6.07) is 5.91. The lowest BCUT2D eigenvalue weighted by atomic mass is 10.1. The molecule has 0 spiro atoms. The zero-order valence-electron chi connectivity index (χ0n) is 12.2. The van der Waals surface area contributed by atoms with Gasteiger partial charge in [-0.2, -0.15) is 0 Å². The zero-order valence-corrected chi connectivity index (χ0v) is 12.2. The number of rotatable bonds is 5. The van der Waals surface area contributed by atoms with Crippen LogP contribution in [0.4, 0.5) is 10.1 Å². The third-order valence-corrected chi connectivity index (χ3v) is 3.65. The molecule has 7 heteroatoms. The smallest absolute Gasteiger partial charge is 0.305 e. The number of aliphatic carboxylic acids is 1. The van der Waals surface area contributed by atoms with Gasteiger partial charge in [0.1, 0.15) is 5.82 Å². The number of carbonyl (C=O) groups is 3. The van der Waals surface area contributed by atoms with Crippen LogP contribution in [-0.2, 0) is 14.4 Å². The molecule has 0 saturated carbocycles. The van der Waals surface area contributed by atoms with Crippen LogP contribution in [0.25, 0.3) is 0 Å². The minimum Gasteiger partial charge on any atom is -0.481 e. The maximum Gasteiger partial charge on any atom is 0.305 e. The SMILES string of the molecule is CN(CCC(=O)O)C(=O)C1CC(=O)N(c2ccccc2F)C1. The quantitative estimate of drug-likeness (QED) is 0.884. The Morgan fingerprint density at radius 1 is 1.41 bits per heavy atom. The number of amides is 2. The van der Waals surface area contributed by atoms with Gasteiger partial charge in [-0.25, -0.2) is 4.39 Å². The summed E-state index contributed by atoms with van der Waals surface area (Å²) in [5, 5.41) is 8.63. The second-order valence-corrected chi connectivity index (χ2v) is 5.26. The number of nitrogens with zero attached hydrogens (tertiary/aromatic N) is 2. The minimum atomic E-state index is -0.991. The fraction of sp³-hybridized carbons (Fsp3) is 0.400. The van der Waals surface area contributed by atoms with Gasteiger partial charge in [0, 0.05) is 26.6 Å². The Kier molecular flexibility index (Phi) is 4.75. The first-order chi connectivity index (χ1) is 10.4. The number of carboxylic acid groups (broad SMARTS) is 1. The molecule has 1 aliphatic heterocycles. The van der Waals surface area contributed by atoms with Crippen LogP contribution in [0.5, 0.6) is 0 Å². The fourth-order valence-electron chi connectivity index (χ4n) is 2.46. The van der Waals surface area contributed by atoms with Gasteiger partial charge in [0.25, 0.3) is 0 Å². The summed E-state index contributed by atoms with van der Waals surface area (Å²) < 4.78 is 13.8. The van der Waals surface area contributed by atoms with Crippen LogP contribution >= 0.6 is 0 Å². The van der Waals surface area contributed by atoms with Gasteiger partial charge in [0.2, 0.25) is 11.8 Å². The third-order valence-electron chi connectivity index (χ3n) is 3.65. The van der Waals surface area contributed by atoms with Crippen molar-refractivity contribution in [1.29, 1.82) is 0 Å². The predicted molar refractivity (Wildman–Crippen MR) is 76.7 cm³/mol. The van der Waals surface area contributed by atoms with Crippen LogP contribution in [0.1, 0.15) is 12.8 Å². The van der Waals surface area contributed by atoms with E-state index < -0.39 is 17.7 Å². The van der Waals surface area contributed by atoms with Crippen molar-refractivity contribution in [1.82, 2.24) is 4.90 Å². The van der Waals surface area contributed by atoms with Gasteiger partial charge in [-0.15, -0.1) is 0 Å². The van der Waals surface area contributed by atoms with E-state index in [0.717, 1.165) is 0 Å². The average molecular weight is 308 g/mol. The van der Waals surface area contributed by atoms with Crippen LogP contribution in [0.3, 0.4) is 0 Å². The van der Waals surface area contributed by atoms with Gasteiger partial charge in [-0.1, -0.05) is 12.1 Å². The fourth-order valence-corrected chi connectivity index (χ4v) is 2.46. The number of carbonyl (C=O) groups excluding carboxylic acids is 2. The lowest BCUT2D eigenvalue weighted by Gasteiger charge is -2.21. The number of para-hydroxylation sites is 1. The van der Waals surface area contributed by atoms with E-state index in [1.54, 1.807) is 6.07 Å². The van der Waals surface area contributed by atoms with E-state index in [2.05, 4.69) is 0 Å². The maximum absolute atomic E-state index is 13.8. The van der Waals surface area contributed by atoms with E-state index in [-0.39, 0.29) is 43.4 Å². The average Bonchev–Trinajstić information content (AvgIpc) is 2.86. The lowest BCUT2D eigenvalue weighted by Crippen LogP contribution is -2.36. The van der Waals surface area contributed by atoms with Gasteiger partial charge in [-0.3, -0.25) is 14.4 Å². The molecule has 1 heterocycles. The maximum atomic E-state index is 13.8. The minimum absolute atomic E-state index is 0.00454. The second kappa shape index (κ2) is 6.55. The van der Waals surface area contributed by atoms with Crippen LogP contribution < -0.4 is 4.90 Å².